The van der Waals surface area contributed by atoms with Crippen LogP contribution in [0.2, 0.25) is 0 Å². The zero-order valence-corrected chi connectivity index (χ0v) is 11.3. The van der Waals surface area contributed by atoms with Gasteiger partial charge in [0.05, 0.1) is 17.5 Å². The Labute approximate surface area is 113 Å². The van der Waals surface area contributed by atoms with Crippen LogP contribution in [0.1, 0.15) is 13.8 Å². The van der Waals surface area contributed by atoms with Gasteiger partial charge in [-0.3, -0.25) is 4.98 Å². The van der Waals surface area contributed by atoms with Crippen molar-refractivity contribution < 1.29 is 0 Å². The lowest BCUT2D eigenvalue weighted by atomic mass is 10.1. The van der Waals surface area contributed by atoms with Gasteiger partial charge in [-0.05, 0) is 38.1 Å². The third kappa shape index (κ3) is 2.76. The first-order valence-corrected chi connectivity index (χ1v) is 6.44. The number of nitrogen functional groups attached to an aromatic ring is 1. The third-order valence-corrected chi connectivity index (χ3v) is 3.18. The average Bonchev–Trinajstić information content (AvgIpc) is 2.43. The number of benzene rings is 1. The maximum Gasteiger partial charge on any atom is 0.0743 e. The van der Waals surface area contributed by atoms with Crippen molar-refractivity contribution in [1.82, 2.24) is 4.98 Å². The van der Waals surface area contributed by atoms with E-state index < -0.39 is 0 Å². The second kappa shape index (κ2) is 5.57. The van der Waals surface area contributed by atoms with Crippen molar-refractivity contribution in [3.05, 3.63) is 30.5 Å². The van der Waals surface area contributed by atoms with Crippen LogP contribution in [0.25, 0.3) is 10.9 Å². The molecule has 0 aliphatic rings. The van der Waals surface area contributed by atoms with Gasteiger partial charge in [0, 0.05) is 36.0 Å². The first-order valence-electron chi connectivity index (χ1n) is 6.44. The lowest BCUT2D eigenvalue weighted by Crippen LogP contribution is -2.27. The SMILES string of the molecule is CCN(CC(C)C#N)c1ccnc2cc(N)ccc12. The van der Waals surface area contributed by atoms with Gasteiger partial charge in [-0.25, -0.2) is 0 Å². The molecule has 0 fully saturated rings. The van der Waals surface area contributed by atoms with Crippen LogP contribution in [0, 0.1) is 17.2 Å². The van der Waals surface area contributed by atoms with Crippen LogP contribution in [0.15, 0.2) is 30.5 Å². The lowest BCUT2D eigenvalue weighted by molar-refractivity contribution is 0.687. The fourth-order valence-corrected chi connectivity index (χ4v) is 2.19. The summed E-state index contributed by atoms with van der Waals surface area (Å²) < 4.78 is 0. The zero-order valence-electron chi connectivity index (χ0n) is 11.3. The van der Waals surface area contributed by atoms with E-state index in [1.54, 1.807) is 6.20 Å². The Morgan fingerprint density at radius 1 is 1.42 bits per heavy atom. The molecule has 1 aromatic heterocycles. The summed E-state index contributed by atoms with van der Waals surface area (Å²) in [5, 5.41) is 10.0. The van der Waals surface area contributed by atoms with E-state index >= 15 is 0 Å². The Balaban J connectivity index is 2.46. The van der Waals surface area contributed by atoms with Crippen molar-refractivity contribution in [2.45, 2.75) is 13.8 Å². The van der Waals surface area contributed by atoms with Gasteiger partial charge < -0.3 is 10.6 Å². The Morgan fingerprint density at radius 2 is 2.21 bits per heavy atom. The van der Waals surface area contributed by atoms with Gasteiger partial charge >= 0.3 is 0 Å². The molecule has 0 aliphatic heterocycles. The summed E-state index contributed by atoms with van der Waals surface area (Å²) in [4.78, 5) is 6.55. The molecule has 0 saturated heterocycles. The monoisotopic (exact) mass is 254 g/mol. The molecule has 1 atom stereocenters. The molecule has 1 aromatic carbocycles. The Hall–Kier alpha value is -2.28. The van der Waals surface area contributed by atoms with Crippen LogP contribution in [0.4, 0.5) is 11.4 Å². The highest BCUT2D eigenvalue weighted by molar-refractivity contribution is 5.93. The van der Waals surface area contributed by atoms with E-state index in [2.05, 4.69) is 22.9 Å². The fraction of sp³-hybridized carbons (Fsp3) is 0.333. The lowest BCUT2D eigenvalue weighted by Gasteiger charge is -2.25. The minimum absolute atomic E-state index is 0.00283. The molecular weight excluding hydrogens is 236 g/mol. The van der Waals surface area contributed by atoms with E-state index in [1.165, 1.54) is 0 Å². The predicted octanol–water partition coefficient (Wildman–Crippen LogP) is 2.80. The maximum absolute atomic E-state index is 8.97. The number of fused-ring (bicyclic) bond motifs is 1. The number of nitrogens with two attached hydrogens (primary N) is 1. The van der Waals surface area contributed by atoms with Gasteiger partial charge in [0.15, 0.2) is 0 Å². The van der Waals surface area contributed by atoms with E-state index in [9.17, 15) is 0 Å². The average molecular weight is 254 g/mol. The van der Waals surface area contributed by atoms with Gasteiger partial charge in [-0.1, -0.05) is 0 Å². The molecule has 0 spiro atoms. The first-order chi connectivity index (χ1) is 9.15. The summed E-state index contributed by atoms with van der Waals surface area (Å²) in [6.07, 6.45) is 1.79. The van der Waals surface area contributed by atoms with Gasteiger partial charge in [0.25, 0.3) is 0 Å². The van der Waals surface area contributed by atoms with Crippen LogP contribution >= 0.6 is 0 Å². The molecular formula is C15H18N4. The van der Waals surface area contributed by atoms with Crippen LogP contribution in [0.3, 0.4) is 0 Å². The molecule has 1 unspecified atom stereocenters. The smallest absolute Gasteiger partial charge is 0.0743 e. The molecule has 0 saturated carbocycles. The molecule has 1 heterocycles. The highest BCUT2D eigenvalue weighted by atomic mass is 15.1. The second-order valence-electron chi connectivity index (χ2n) is 4.68. The summed E-state index contributed by atoms with van der Waals surface area (Å²) in [5.74, 6) is -0.00283. The van der Waals surface area contributed by atoms with Crippen molar-refractivity contribution in [2.75, 3.05) is 23.7 Å². The number of nitrogens with zero attached hydrogens (tertiary/aromatic N) is 3. The minimum atomic E-state index is -0.00283. The van der Waals surface area contributed by atoms with Gasteiger partial charge in [-0.15, -0.1) is 0 Å². The Kier molecular flexibility index (Phi) is 3.86. The maximum atomic E-state index is 8.97. The van der Waals surface area contributed by atoms with E-state index in [0.29, 0.717) is 5.69 Å². The molecule has 19 heavy (non-hydrogen) atoms. The molecule has 0 radical (unpaired) electrons. The number of nitriles is 1. The topological polar surface area (TPSA) is 65.9 Å². The number of aromatic nitrogens is 1. The van der Waals surface area contributed by atoms with E-state index in [-0.39, 0.29) is 5.92 Å². The summed E-state index contributed by atoms with van der Waals surface area (Å²) >= 11 is 0. The highest BCUT2D eigenvalue weighted by Gasteiger charge is 2.12. The van der Waals surface area contributed by atoms with Crippen molar-refractivity contribution in [1.29, 1.82) is 5.26 Å². The van der Waals surface area contributed by atoms with Crippen LogP contribution in [-0.2, 0) is 0 Å². The van der Waals surface area contributed by atoms with E-state index in [4.69, 9.17) is 11.0 Å². The predicted molar refractivity (Wildman–Crippen MR) is 78.8 cm³/mol. The molecule has 2 N–H and O–H groups in total. The Morgan fingerprint density at radius 3 is 2.89 bits per heavy atom. The van der Waals surface area contributed by atoms with Gasteiger partial charge in [0.1, 0.15) is 0 Å². The molecule has 2 rings (SSSR count). The molecule has 0 bridgehead atoms. The van der Waals surface area contributed by atoms with E-state index in [1.807, 2.05) is 31.2 Å². The number of anilines is 2. The fourth-order valence-electron chi connectivity index (χ4n) is 2.19. The Bertz CT molecular complexity index is 615. The molecule has 2 aromatic rings. The van der Waals surface area contributed by atoms with Crippen molar-refractivity contribution in [2.24, 2.45) is 5.92 Å². The van der Waals surface area contributed by atoms with Crippen LogP contribution < -0.4 is 10.6 Å². The quantitative estimate of drug-likeness (QED) is 0.852. The summed E-state index contributed by atoms with van der Waals surface area (Å²) in [6.45, 7) is 5.60. The molecule has 4 nitrogen and oxygen atoms in total. The summed E-state index contributed by atoms with van der Waals surface area (Å²) in [5.41, 5.74) is 8.50. The van der Waals surface area contributed by atoms with Gasteiger partial charge in [-0.2, -0.15) is 5.26 Å². The van der Waals surface area contributed by atoms with Crippen molar-refractivity contribution in [3.63, 3.8) is 0 Å². The number of hydrogen-bond donors (Lipinski definition) is 1. The zero-order chi connectivity index (χ0) is 13.8. The minimum Gasteiger partial charge on any atom is -0.399 e. The second-order valence-corrected chi connectivity index (χ2v) is 4.68. The van der Waals surface area contributed by atoms with Crippen LogP contribution in [0.5, 0.6) is 0 Å². The molecule has 0 aliphatic carbocycles. The summed E-state index contributed by atoms with van der Waals surface area (Å²) in [6, 6.07) is 10.0. The number of hydrogen-bond acceptors (Lipinski definition) is 4. The first kappa shape index (κ1) is 13.2. The number of rotatable bonds is 4. The van der Waals surface area contributed by atoms with E-state index in [0.717, 1.165) is 29.7 Å². The molecule has 0 amide bonds. The third-order valence-electron chi connectivity index (χ3n) is 3.18. The largest absolute Gasteiger partial charge is 0.399 e. The molecule has 98 valence electrons. The van der Waals surface area contributed by atoms with Crippen molar-refractivity contribution in [3.8, 4) is 6.07 Å². The van der Waals surface area contributed by atoms with Crippen LogP contribution in [-0.4, -0.2) is 18.1 Å². The molecule has 4 heteroatoms. The van der Waals surface area contributed by atoms with Gasteiger partial charge in [0.2, 0.25) is 0 Å². The highest BCUT2D eigenvalue weighted by Crippen LogP contribution is 2.27. The normalized spacial score (nSPS) is 12.1. The van der Waals surface area contributed by atoms with Crippen molar-refractivity contribution >= 4 is 22.3 Å². The number of pyridine rings is 1. The summed E-state index contributed by atoms with van der Waals surface area (Å²) in [7, 11) is 0. The standard InChI is InChI=1S/C15H18N4/c1-3-19(10-11(2)9-16)15-6-7-18-14-8-12(17)4-5-13(14)15/h4-8,11H,3,10,17H2,1-2H3.